The second-order valence-corrected chi connectivity index (χ2v) is 6.75. The molecule has 1 amide bonds. The number of carbonyl (C=O) groups is 1. The van der Waals surface area contributed by atoms with Crippen LogP contribution in [-0.2, 0) is 39.9 Å². The van der Waals surface area contributed by atoms with E-state index in [1.165, 1.54) is 11.1 Å². The minimum absolute atomic E-state index is 0.0224. The van der Waals surface area contributed by atoms with Crippen LogP contribution in [0.5, 0.6) is 0 Å². The monoisotopic (exact) mass is 341 g/mol. The minimum atomic E-state index is -0.341. The zero-order chi connectivity index (χ0) is 17.3. The second-order valence-electron chi connectivity index (χ2n) is 6.75. The zero-order valence-corrected chi connectivity index (χ0v) is 14.5. The molecule has 1 aliphatic heterocycles. The van der Waals surface area contributed by atoms with Crippen molar-refractivity contribution in [2.75, 3.05) is 26.3 Å². The lowest BCUT2D eigenvalue weighted by atomic mass is 9.93. The van der Waals surface area contributed by atoms with Crippen LogP contribution < -0.4 is 0 Å². The molecule has 1 aliphatic carbocycles. The lowest BCUT2D eigenvalue weighted by Gasteiger charge is -2.41. The Morgan fingerprint density at radius 3 is 3.08 bits per heavy atom. The Morgan fingerprint density at radius 2 is 2.24 bits per heavy atom. The van der Waals surface area contributed by atoms with Gasteiger partial charge in [0.05, 0.1) is 25.5 Å². The van der Waals surface area contributed by atoms with Crippen LogP contribution in [0.25, 0.3) is 0 Å². The van der Waals surface area contributed by atoms with Crippen molar-refractivity contribution in [2.45, 2.75) is 25.0 Å². The van der Waals surface area contributed by atoms with Crippen LogP contribution >= 0.6 is 0 Å². The molecule has 0 radical (unpaired) electrons. The van der Waals surface area contributed by atoms with E-state index in [1.54, 1.807) is 10.9 Å². The van der Waals surface area contributed by atoms with E-state index in [0.717, 1.165) is 18.5 Å². The smallest absolute Gasteiger partial charge is 0.248 e. The molecule has 4 rings (SSSR count). The number of nitrogens with zero attached hydrogens (tertiary/aromatic N) is 3. The van der Waals surface area contributed by atoms with Gasteiger partial charge < -0.3 is 14.4 Å². The molecule has 132 valence electrons. The molecule has 1 fully saturated rings. The number of benzene rings is 1. The molecular weight excluding hydrogens is 318 g/mol. The van der Waals surface area contributed by atoms with Gasteiger partial charge in [-0.3, -0.25) is 9.48 Å². The van der Waals surface area contributed by atoms with E-state index in [9.17, 15) is 4.79 Å². The normalized spacial score (nSPS) is 22.4. The molecule has 0 bridgehead atoms. The average Bonchev–Trinajstić information content (AvgIpc) is 3.20. The molecule has 2 heterocycles. The second kappa shape index (κ2) is 6.61. The molecule has 0 saturated carbocycles. The third kappa shape index (κ3) is 3.07. The highest BCUT2D eigenvalue weighted by atomic mass is 16.5. The lowest BCUT2D eigenvalue weighted by molar-refractivity contribution is -0.156. The number of morpholine rings is 1. The summed E-state index contributed by atoms with van der Waals surface area (Å²) in [5, 5.41) is 4.10. The number of hydrogen-bond donors (Lipinski definition) is 0. The number of rotatable bonds is 4. The number of aromatic nitrogens is 2. The van der Waals surface area contributed by atoms with Crippen LogP contribution in [0, 0.1) is 0 Å². The molecule has 6 heteroatoms. The van der Waals surface area contributed by atoms with Crippen molar-refractivity contribution < 1.29 is 14.3 Å². The van der Waals surface area contributed by atoms with E-state index >= 15 is 0 Å². The summed E-state index contributed by atoms with van der Waals surface area (Å²) in [5.41, 5.74) is 3.19. The molecular formula is C19H23N3O3. The molecule has 0 N–H and O–H groups in total. The molecule has 2 aromatic rings. The first kappa shape index (κ1) is 16.3. The summed E-state index contributed by atoms with van der Waals surface area (Å²) >= 11 is 0. The van der Waals surface area contributed by atoms with Gasteiger partial charge in [-0.1, -0.05) is 24.3 Å². The van der Waals surface area contributed by atoms with Crippen LogP contribution in [0.3, 0.4) is 0 Å². The standard InChI is InChI=1S/C19H23N3O3/c1-21-16(7-9-20-21)12-24-13-18(23)22-10-11-25-19(14-22)8-6-15-4-2-3-5-17(15)19/h2-5,7,9H,6,8,10-14H2,1H3. The first-order valence-corrected chi connectivity index (χ1v) is 8.73. The zero-order valence-electron chi connectivity index (χ0n) is 14.5. The summed E-state index contributed by atoms with van der Waals surface area (Å²) in [6.45, 7) is 2.28. The lowest BCUT2D eigenvalue weighted by Crippen LogP contribution is -2.51. The van der Waals surface area contributed by atoms with Gasteiger partial charge in [0, 0.05) is 19.8 Å². The number of hydrogen-bond acceptors (Lipinski definition) is 4. The number of aryl methyl sites for hydroxylation is 2. The summed E-state index contributed by atoms with van der Waals surface area (Å²) in [6, 6.07) is 10.3. The Balaban J connectivity index is 1.38. The Hall–Kier alpha value is -2.18. The van der Waals surface area contributed by atoms with Crippen LogP contribution in [0.4, 0.5) is 0 Å². The summed E-state index contributed by atoms with van der Waals surface area (Å²) in [5.74, 6) is 0.0224. The number of fused-ring (bicyclic) bond motifs is 2. The van der Waals surface area contributed by atoms with Crippen molar-refractivity contribution in [1.29, 1.82) is 0 Å². The Labute approximate surface area is 147 Å². The predicted molar refractivity (Wildman–Crippen MR) is 91.8 cm³/mol. The largest absolute Gasteiger partial charge is 0.367 e. The maximum atomic E-state index is 12.6. The van der Waals surface area contributed by atoms with Crippen molar-refractivity contribution in [1.82, 2.24) is 14.7 Å². The van der Waals surface area contributed by atoms with Gasteiger partial charge in [0.15, 0.2) is 0 Å². The highest BCUT2D eigenvalue weighted by molar-refractivity contribution is 5.77. The minimum Gasteiger partial charge on any atom is -0.367 e. The Kier molecular flexibility index (Phi) is 4.31. The average molecular weight is 341 g/mol. The predicted octanol–water partition coefficient (Wildman–Crippen LogP) is 1.64. The molecule has 1 spiro atoms. The molecule has 1 aromatic carbocycles. The van der Waals surface area contributed by atoms with E-state index in [2.05, 4.69) is 23.3 Å². The fraction of sp³-hybridized carbons (Fsp3) is 0.474. The third-order valence-electron chi connectivity index (χ3n) is 5.24. The topological polar surface area (TPSA) is 56.6 Å². The Morgan fingerprint density at radius 1 is 1.36 bits per heavy atom. The van der Waals surface area contributed by atoms with E-state index in [-0.39, 0.29) is 18.1 Å². The summed E-state index contributed by atoms with van der Waals surface area (Å²) < 4.78 is 13.5. The SMILES string of the molecule is Cn1nccc1COCC(=O)N1CCOC2(CCc3ccccc32)C1. The summed E-state index contributed by atoms with van der Waals surface area (Å²) in [7, 11) is 1.86. The highest BCUT2D eigenvalue weighted by Gasteiger charge is 2.44. The van der Waals surface area contributed by atoms with Crippen molar-refractivity contribution in [3.8, 4) is 0 Å². The van der Waals surface area contributed by atoms with Gasteiger partial charge in [-0.15, -0.1) is 0 Å². The van der Waals surface area contributed by atoms with Crippen molar-refractivity contribution in [2.24, 2.45) is 7.05 Å². The first-order valence-electron chi connectivity index (χ1n) is 8.73. The van der Waals surface area contributed by atoms with E-state index < -0.39 is 0 Å². The van der Waals surface area contributed by atoms with Crippen molar-refractivity contribution in [3.63, 3.8) is 0 Å². The van der Waals surface area contributed by atoms with Crippen LogP contribution in [-0.4, -0.2) is 46.9 Å². The van der Waals surface area contributed by atoms with E-state index in [1.807, 2.05) is 24.1 Å². The maximum absolute atomic E-state index is 12.6. The van der Waals surface area contributed by atoms with Gasteiger partial charge in [-0.2, -0.15) is 5.10 Å². The number of amides is 1. The van der Waals surface area contributed by atoms with Crippen LogP contribution in [0.2, 0.25) is 0 Å². The number of ether oxygens (including phenoxy) is 2. The molecule has 1 aromatic heterocycles. The van der Waals surface area contributed by atoms with Gasteiger partial charge in [0.2, 0.25) is 5.91 Å². The van der Waals surface area contributed by atoms with Crippen LogP contribution in [0.1, 0.15) is 23.2 Å². The van der Waals surface area contributed by atoms with Gasteiger partial charge in [-0.25, -0.2) is 0 Å². The van der Waals surface area contributed by atoms with Gasteiger partial charge in [-0.05, 0) is 30.0 Å². The molecule has 1 unspecified atom stereocenters. The third-order valence-corrected chi connectivity index (χ3v) is 5.24. The fourth-order valence-corrected chi connectivity index (χ4v) is 3.84. The maximum Gasteiger partial charge on any atom is 0.248 e. The van der Waals surface area contributed by atoms with E-state index in [4.69, 9.17) is 9.47 Å². The fourth-order valence-electron chi connectivity index (χ4n) is 3.84. The Bertz CT molecular complexity index is 769. The van der Waals surface area contributed by atoms with E-state index in [0.29, 0.717) is 26.3 Å². The first-order chi connectivity index (χ1) is 12.2. The summed E-state index contributed by atoms with van der Waals surface area (Å²) in [4.78, 5) is 14.5. The quantitative estimate of drug-likeness (QED) is 0.848. The molecule has 25 heavy (non-hydrogen) atoms. The molecule has 6 nitrogen and oxygen atoms in total. The van der Waals surface area contributed by atoms with Gasteiger partial charge >= 0.3 is 0 Å². The molecule has 2 aliphatic rings. The number of carbonyl (C=O) groups excluding carboxylic acids is 1. The van der Waals surface area contributed by atoms with Crippen molar-refractivity contribution >= 4 is 5.91 Å². The molecule has 1 atom stereocenters. The van der Waals surface area contributed by atoms with Gasteiger partial charge in [0.1, 0.15) is 12.2 Å². The summed E-state index contributed by atoms with van der Waals surface area (Å²) in [6.07, 6.45) is 3.67. The van der Waals surface area contributed by atoms with Crippen molar-refractivity contribution in [3.05, 3.63) is 53.3 Å². The highest BCUT2D eigenvalue weighted by Crippen LogP contribution is 2.42. The van der Waals surface area contributed by atoms with Crippen LogP contribution in [0.15, 0.2) is 36.5 Å². The van der Waals surface area contributed by atoms with Gasteiger partial charge in [0.25, 0.3) is 0 Å². The molecule has 1 saturated heterocycles.